The molecule has 0 spiro atoms. The fraction of sp³-hybridized carbons (Fsp3) is 0.786. The van der Waals surface area contributed by atoms with Crippen molar-refractivity contribution < 1.29 is 4.65 Å². The minimum absolute atomic E-state index is 0. The molecule has 2 saturated heterocycles. The van der Waals surface area contributed by atoms with Crippen molar-refractivity contribution in [1.82, 2.24) is 36.8 Å². The highest BCUT2D eigenvalue weighted by Crippen LogP contribution is 2.16. The average molecular weight is 774 g/mol. The minimum Gasteiger partial charge on any atom is -0.633 e. The number of hydrogen-bond donors (Lipinski definition) is 6. The summed E-state index contributed by atoms with van der Waals surface area (Å²) in [6.45, 7) is 16.9. The number of nitrogens with one attached hydrogen (secondary N) is 6. The van der Waals surface area contributed by atoms with Crippen LogP contribution in [0.5, 0.6) is 0 Å². The van der Waals surface area contributed by atoms with E-state index in [0.717, 1.165) is 123 Å². The summed E-state index contributed by atoms with van der Waals surface area (Å²) in [6, 6.07) is 8.85. The maximum atomic E-state index is 13.7. The van der Waals surface area contributed by atoms with Gasteiger partial charge >= 0.3 is 0 Å². The van der Waals surface area contributed by atoms with Gasteiger partial charge in [-0.05, 0) is 64.1 Å². The molecule has 0 aliphatic carbocycles. The third kappa shape index (κ3) is 25.9. The van der Waals surface area contributed by atoms with Crippen LogP contribution in [-0.2, 0) is 13.1 Å². The summed E-state index contributed by atoms with van der Waals surface area (Å²) in [6.07, 6.45) is 4.34. The largest absolute Gasteiger partial charge is 0.633 e. The molecule has 2 aliphatic heterocycles. The molecule has 1 aromatic rings. The number of hydroxylamine groups is 3. The molecule has 0 radical (unpaired) electrons. The second kappa shape index (κ2) is 35.2. The van der Waals surface area contributed by atoms with Crippen molar-refractivity contribution in [2.45, 2.75) is 38.8 Å². The van der Waals surface area contributed by atoms with E-state index in [9.17, 15) is 5.21 Å². The van der Waals surface area contributed by atoms with Crippen molar-refractivity contribution >= 4 is 86.8 Å². The molecule has 2 heterocycles. The summed E-state index contributed by atoms with van der Waals surface area (Å²) in [4.78, 5) is 2.56. The van der Waals surface area contributed by atoms with E-state index >= 15 is 0 Å². The van der Waals surface area contributed by atoms with Crippen molar-refractivity contribution in [3.05, 3.63) is 40.6 Å². The van der Waals surface area contributed by atoms with Gasteiger partial charge in [0.2, 0.25) is 0 Å². The van der Waals surface area contributed by atoms with Gasteiger partial charge in [0.1, 0.15) is 6.54 Å². The number of rotatable bonds is 4. The summed E-state index contributed by atoms with van der Waals surface area (Å²) in [5.41, 5.74) is 2.48. The lowest BCUT2D eigenvalue weighted by Crippen LogP contribution is -2.47. The zero-order valence-electron chi connectivity index (χ0n) is 26.0. The lowest BCUT2D eigenvalue weighted by Gasteiger charge is -2.43. The predicted molar refractivity (Wildman–Crippen MR) is 205 cm³/mol. The Hall–Kier alpha value is 0.890. The van der Waals surface area contributed by atoms with Crippen molar-refractivity contribution in [1.29, 1.82) is 0 Å². The maximum Gasteiger partial charge on any atom is 0.104 e. The molecule has 1 atom stereocenters. The lowest BCUT2D eigenvalue weighted by molar-refractivity contribution is -0.893. The highest BCUT2D eigenvalue weighted by Gasteiger charge is 2.18. The Morgan fingerprint density at radius 1 is 0.477 bits per heavy atom. The molecule has 1 unspecified atom stereocenters. The highest BCUT2D eigenvalue weighted by atomic mass is 35.5. The van der Waals surface area contributed by atoms with Gasteiger partial charge in [0.15, 0.2) is 0 Å². The zero-order valence-corrected chi connectivity index (χ0v) is 31.7. The maximum absolute atomic E-state index is 13.7. The van der Waals surface area contributed by atoms with Crippen LogP contribution in [0.3, 0.4) is 0 Å². The molecule has 9 nitrogen and oxygen atoms in total. The second-order valence-corrected chi connectivity index (χ2v) is 10.7. The van der Waals surface area contributed by atoms with Gasteiger partial charge in [-0.2, -0.15) is 0 Å². The first kappa shape index (κ1) is 54.3. The topological polar surface area (TPSA) is 98.5 Å². The summed E-state index contributed by atoms with van der Waals surface area (Å²) in [5.74, 6) is 0. The van der Waals surface area contributed by atoms with Gasteiger partial charge in [-0.3, -0.25) is 4.90 Å². The van der Waals surface area contributed by atoms with Gasteiger partial charge in [-0.15, -0.1) is 86.8 Å². The molecule has 44 heavy (non-hydrogen) atoms. The normalized spacial score (nSPS) is 21.9. The Kier molecular flexibility index (Phi) is 43.5. The third-order valence-corrected chi connectivity index (χ3v) is 7.32. The van der Waals surface area contributed by atoms with E-state index < -0.39 is 0 Å². The average Bonchev–Trinajstić information content (AvgIpc) is 2.90. The summed E-state index contributed by atoms with van der Waals surface area (Å²) < 4.78 is -0.146. The van der Waals surface area contributed by atoms with E-state index in [-0.39, 0.29) is 91.5 Å². The highest BCUT2D eigenvalue weighted by molar-refractivity contribution is 5.86. The second-order valence-electron chi connectivity index (χ2n) is 10.7. The quantitative estimate of drug-likeness (QED) is 0.205. The number of hydrogen-bond acceptors (Lipinski definition) is 8. The first-order valence-corrected chi connectivity index (χ1v) is 14.9. The molecule has 16 heteroatoms. The molecule has 2 aliphatic rings. The fourth-order valence-corrected chi connectivity index (χ4v) is 5.10. The van der Waals surface area contributed by atoms with Crippen molar-refractivity contribution in [3.63, 3.8) is 0 Å². The Balaban J connectivity index is -0.000000724. The van der Waals surface area contributed by atoms with Crippen LogP contribution in [-0.4, -0.2) is 114 Å². The molecule has 1 aromatic carbocycles. The number of benzene rings is 1. The standard InChI is InChI=1S/C28H54N8O.7ClH/c37-36(23-4-14-32-18-16-30-10-2-12-34-20-24-36)26-28-7-5-27(6-8-28)25-35-21-3-13-31-17-15-29-9-1-11-33-19-22-35;;;;;;;/h5-8,29-34H,1-4,9-26H2;7*1H. The monoisotopic (exact) mass is 770 g/mol. The van der Waals surface area contributed by atoms with E-state index in [1.54, 1.807) is 0 Å². The molecule has 0 amide bonds. The molecule has 6 N–H and O–H groups in total. The number of nitrogens with zero attached hydrogens (tertiary/aromatic N) is 2. The van der Waals surface area contributed by atoms with Crippen molar-refractivity contribution in [3.8, 4) is 0 Å². The predicted octanol–water partition coefficient (Wildman–Crippen LogP) is 3.38. The summed E-state index contributed by atoms with van der Waals surface area (Å²) in [7, 11) is 0. The van der Waals surface area contributed by atoms with Crippen LogP contribution in [0.25, 0.3) is 0 Å². The van der Waals surface area contributed by atoms with E-state index in [2.05, 4.69) is 61.1 Å². The Labute approximate surface area is 310 Å². The van der Waals surface area contributed by atoms with E-state index in [0.29, 0.717) is 19.6 Å². The summed E-state index contributed by atoms with van der Waals surface area (Å²) >= 11 is 0. The van der Waals surface area contributed by atoms with Gasteiger partial charge in [-0.25, -0.2) is 0 Å². The van der Waals surface area contributed by atoms with Crippen LogP contribution in [0.2, 0.25) is 0 Å². The molecular weight excluding hydrogens is 713 g/mol. The first-order valence-electron chi connectivity index (χ1n) is 14.9. The minimum atomic E-state index is -0.146. The molecule has 0 saturated carbocycles. The lowest BCUT2D eigenvalue weighted by atomic mass is 10.1. The molecule has 0 bridgehead atoms. The number of halogens is 7. The molecule has 268 valence electrons. The van der Waals surface area contributed by atoms with Crippen LogP contribution in [0, 0.1) is 5.21 Å². The Morgan fingerprint density at radius 2 is 0.909 bits per heavy atom. The van der Waals surface area contributed by atoms with Crippen LogP contribution in [0.15, 0.2) is 24.3 Å². The number of quaternary nitrogens is 1. The molecular formula is C28H61Cl7N8O. The zero-order chi connectivity index (χ0) is 25.9. The Bertz CT molecular complexity index is 689. The summed E-state index contributed by atoms with van der Waals surface area (Å²) in [5, 5.41) is 34.8. The third-order valence-electron chi connectivity index (χ3n) is 7.32. The van der Waals surface area contributed by atoms with Gasteiger partial charge in [0, 0.05) is 70.9 Å². The van der Waals surface area contributed by atoms with Crippen LogP contribution in [0.1, 0.15) is 36.8 Å². The molecule has 3 rings (SSSR count). The smallest absolute Gasteiger partial charge is 0.104 e. The van der Waals surface area contributed by atoms with Gasteiger partial charge in [0.25, 0.3) is 0 Å². The van der Waals surface area contributed by atoms with Gasteiger partial charge < -0.3 is 41.8 Å². The SMILES string of the molecule is Cl.Cl.Cl.Cl.Cl.Cl.Cl.[O-][N+]1(Cc2ccc(CN3CCCNCCNCCCNCC3)cc2)CCCNCCNCCCNCC1. The van der Waals surface area contributed by atoms with Crippen LogP contribution < -0.4 is 31.9 Å². The van der Waals surface area contributed by atoms with Gasteiger partial charge in [0.05, 0.1) is 13.1 Å². The first-order chi connectivity index (χ1) is 18.2. The van der Waals surface area contributed by atoms with Crippen LogP contribution >= 0.6 is 86.8 Å². The van der Waals surface area contributed by atoms with E-state index in [4.69, 9.17) is 0 Å². The van der Waals surface area contributed by atoms with Gasteiger partial charge in [-0.1, -0.05) is 24.3 Å². The molecule has 0 aromatic heterocycles. The molecule has 2 fully saturated rings. The van der Waals surface area contributed by atoms with Crippen molar-refractivity contribution in [2.24, 2.45) is 0 Å². The van der Waals surface area contributed by atoms with Crippen molar-refractivity contribution in [2.75, 3.05) is 105 Å². The van der Waals surface area contributed by atoms with Crippen LogP contribution in [0.4, 0.5) is 0 Å². The van der Waals surface area contributed by atoms with E-state index in [1.165, 1.54) is 12.0 Å². The van der Waals surface area contributed by atoms with E-state index in [1.807, 2.05) is 0 Å². The fourth-order valence-electron chi connectivity index (χ4n) is 5.10. The Morgan fingerprint density at radius 3 is 1.45 bits per heavy atom.